The normalized spacial score (nSPS) is 18.8. The standard InChI is InChI=1S/C22H32ClN7.HI/c1-2-24-22(25-12-10-21-28-27-20-9-4-3-5-13-30(20)21)26-18-11-14-29(16-18)19-8-6-7-17(23)15-19;/h6-8,15,18H,2-5,9-14,16H2,1H3,(H2,24,25,26);1H. The number of hydrogen-bond donors (Lipinski definition) is 2. The van der Waals surface area contributed by atoms with Crippen LogP contribution in [0.2, 0.25) is 5.02 Å². The number of anilines is 1. The molecule has 0 aliphatic carbocycles. The highest BCUT2D eigenvalue weighted by molar-refractivity contribution is 14.0. The smallest absolute Gasteiger partial charge is 0.191 e. The van der Waals surface area contributed by atoms with Gasteiger partial charge in [0.05, 0.1) is 0 Å². The highest BCUT2D eigenvalue weighted by Crippen LogP contribution is 2.23. The van der Waals surface area contributed by atoms with Gasteiger partial charge in [0.15, 0.2) is 5.96 Å². The molecule has 2 aliphatic rings. The van der Waals surface area contributed by atoms with Crippen LogP contribution in [-0.2, 0) is 19.4 Å². The van der Waals surface area contributed by atoms with Crippen LogP contribution < -0.4 is 15.5 Å². The number of nitrogens with zero attached hydrogens (tertiary/aromatic N) is 5. The summed E-state index contributed by atoms with van der Waals surface area (Å²) in [6.07, 6.45) is 6.67. The number of aryl methyl sites for hydroxylation is 1. The van der Waals surface area contributed by atoms with Crippen molar-refractivity contribution in [3.63, 3.8) is 0 Å². The monoisotopic (exact) mass is 557 g/mol. The second-order valence-corrected chi connectivity index (χ2v) is 8.50. The summed E-state index contributed by atoms with van der Waals surface area (Å²) in [7, 11) is 0. The number of aromatic nitrogens is 3. The first-order chi connectivity index (χ1) is 14.7. The lowest BCUT2D eigenvalue weighted by molar-refractivity contribution is 0.603. The van der Waals surface area contributed by atoms with E-state index in [9.17, 15) is 0 Å². The maximum absolute atomic E-state index is 6.16. The lowest BCUT2D eigenvalue weighted by atomic mass is 10.2. The predicted octanol–water partition coefficient (Wildman–Crippen LogP) is 3.65. The summed E-state index contributed by atoms with van der Waals surface area (Å²) in [6, 6.07) is 8.45. The van der Waals surface area contributed by atoms with E-state index in [4.69, 9.17) is 16.6 Å². The molecule has 1 atom stereocenters. The Morgan fingerprint density at radius 1 is 1.23 bits per heavy atom. The summed E-state index contributed by atoms with van der Waals surface area (Å²) in [4.78, 5) is 7.18. The molecule has 0 bridgehead atoms. The van der Waals surface area contributed by atoms with Crippen molar-refractivity contribution in [2.75, 3.05) is 31.1 Å². The Morgan fingerprint density at radius 2 is 2.13 bits per heavy atom. The Kier molecular flexibility index (Phi) is 9.25. The first-order valence-corrected chi connectivity index (χ1v) is 11.6. The second kappa shape index (κ2) is 11.9. The van der Waals surface area contributed by atoms with Gasteiger partial charge in [0.25, 0.3) is 0 Å². The Labute approximate surface area is 207 Å². The fraction of sp³-hybridized carbons (Fsp3) is 0.591. The van der Waals surface area contributed by atoms with E-state index in [1.54, 1.807) is 0 Å². The molecule has 9 heteroatoms. The van der Waals surface area contributed by atoms with Gasteiger partial charge in [0.1, 0.15) is 11.6 Å². The maximum atomic E-state index is 6.16. The van der Waals surface area contributed by atoms with Crippen molar-refractivity contribution in [2.45, 2.75) is 58.0 Å². The average Bonchev–Trinajstić information content (AvgIpc) is 3.28. The van der Waals surface area contributed by atoms with Crippen molar-refractivity contribution in [1.82, 2.24) is 25.4 Å². The number of rotatable bonds is 6. The average molecular weight is 558 g/mol. The van der Waals surface area contributed by atoms with E-state index in [1.165, 1.54) is 24.9 Å². The Morgan fingerprint density at radius 3 is 2.97 bits per heavy atom. The first-order valence-electron chi connectivity index (χ1n) is 11.2. The zero-order valence-electron chi connectivity index (χ0n) is 18.2. The lowest BCUT2D eigenvalue weighted by Gasteiger charge is -2.20. The molecule has 1 fully saturated rings. The van der Waals surface area contributed by atoms with E-state index in [1.807, 2.05) is 18.2 Å². The Balaban J connectivity index is 0.00000272. The first kappa shape index (κ1) is 24.1. The van der Waals surface area contributed by atoms with E-state index < -0.39 is 0 Å². The molecule has 0 spiro atoms. The number of guanidine groups is 1. The van der Waals surface area contributed by atoms with Gasteiger partial charge in [-0.15, -0.1) is 34.2 Å². The molecule has 0 saturated carbocycles. The molecule has 2 aliphatic heterocycles. The Hall–Kier alpha value is -1.55. The molecular weight excluding hydrogens is 525 g/mol. The predicted molar refractivity (Wildman–Crippen MR) is 138 cm³/mol. The van der Waals surface area contributed by atoms with Crippen LogP contribution in [0.5, 0.6) is 0 Å². The summed E-state index contributed by atoms with van der Waals surface area (Å²) in [5.41, 5.74) is 1.18. The third-order valence-corrected chi connectivity index (χ3v) is 6.07. The Bertz CT molecular complexity index is 869. The third kappa shape index (κ3) is 6.47. The van der Waals surface area contributed by atoms with Crippen LogP contribution in [-0.4, -0.2) is 52.9 Å². The number of nitrogens with one attached hydrogen (secondary N) is 2. The molecule has 31 heavy (non-hydrogen) atoms. The molecule has 1 aromatic carbocycles. The van der Waals surface area contributed by atoms with Crippen molar-refractivity contribution in [1.29, 1.82) is 0 Å². The molecule has 0 radical (unpaired) electrons. The minimum absolute atomic E-state index is 0. The van der Waals surface area contributed by atoms with Crippen LogP contribution in [0, 0.1) is 0 Å². The van der Waals surface area contributed by atoms with Crippen molar-refractivity contribution in [3.8, 4) is 0 Å². The maximum Gasteiger partial charge on any atom is 0.191 e. The van der Waals surface area contributed by atoms with Crippen LogP contribution in [0.3, 0.4) is 0 Å². The number of fused-ring (bicyclic) bond motifs is 1. The molecular formula is C22H33ClIN7. The van der Waals surface area contributed by atoms with Crippen molar-refractivity contribution in [2.24, 2.45) is 4.99 Å². The zero-order valence-corrected chi connectivity index (χ0v) is 21.3. The van der Waals surface area contributed by atoms with Gasteiger partial charge in [-0.05, 0) is 44.4 Å². The van der Waals surface area contributed by atoms with Gasteiger partial charge in [0, 0.05) is 62.3 Å². The number of aliphatic imine (C=N–C) groups is 1. The summed E-state index contributed by atoms with van der Waals surface area (Å²) < 4.78 is 2.31. The topological polar surface area (TPSA) is 70.4 Å². The largest absolute Gasteiger partial charge is 0.369 e. The van der Waals surface area contributed by atoms with Crippen LogP contribution in [0.1, 0.15) is 44.3 Å². The summed E-state index contributed by atoms with van der Waals surface area (Å²) in [6.45, 7) is 6.66. The van der Waals surface area contributed by atoms with E-state index >= 15 is 0 Å². The molecule has 3 heterocycles. The second-order valence-electron chi connectivity index (χ2n) is 8.06. The number of hydrogen-bond acceptors (Lipinski definition) is 4. The van der Waals surface area contributed by atoms with Gasteiger partial charge < -0.3 is 20.1 Å². The zero-order chi connectivity index (χ0) is 20.8. The van der Waals surface area contributed by atoms with E-state index in [2.05, 4.69) is 43.3 Å². The minimum atomic E-state index is 0. The van der Waals surface area contributed by atoms with E-state index in [0.717, 1.165) is 68.1 Å². The van der Waals surface area contributed by atoms with Crippen molar-refractivity contribution >= 4 is 47.2 Å². The molecule has 1 aromatic heterocycles. The fourth-order valence-corrected chi connectivity index (χ4v) is 4.48. The van der Waals surface area contributed by atoms with Gasteiger partial charge in [-0.25, -0.2) is 0 Å². The number of benzene rings is 1. The molecule has 1 unspecified atom stereocenters. The molecule has 7 nitrogen and oxygen atoms in total. The highest BCUT2D eigenvalue weighted by Gasteiger charge is 2.23. The molecule has 1 saturated heterocycles. The van der Waals surface area contributed by atoms with Gasteiger partial charge in [0.2, 0.25) is 0 Å². The quantitative estimate of drug-likeness (QED) is 0.322. The molecule has 0 amide bonds. The van der Waals surface area contributed by atoms with Crippen LogP contribution in [0.15, 0.2) is 29.3 Å². The summed E-state index contributed by atoms with van der Waals surface area (Å²) >= 11 is 6.16. The lowest BCUT2D eigenvalue weighted by Crippen LogP contribution is -2.44. The van der Waals surface area contributed by atoms with Gasteiger partial charge >= 0.3 is 0 Å². The molecule has 4 rings (SSSR count). The van der Waals surface area contributed by atoms with Crippen molar-refractivity contribution < 1.29 is 0 Å². The fourth-order valence-electron chi connectivity index (χ4n) is 4.30. The molecule has 170 valence electrons. The third-order valence-electron chi connectivity index (χ3n) is 5.84. The highest BCUT2D eigenvalue weighted by atomic mass is 127. The van der Waals surface area contributed by atoms with Gasteiger partial charge in [-0.1, -0.05) is 24.1 Å². The van der Waals surface area contributed by atoms with Crippen molar-refractivity contribution in [3.05, 3.63) is 40.9 Å². The molecule has 2 N–H and O–H groups in total. The van der Waals surface area contributed by atoms with E-state index in [-0.39, 0.29) is 24.0 Å². The SMILES string of the molecule is CCNC(=NCCc1nnc2n1CCCCC2)NC1CCN(c2cccc(Cl)c2)C1.I. The van der Waals surface area contributed by atoms with Gasteiger partial charge in [-0.2, -0.15) is 0 Å². The summed E-state index contributed by atoms with van der Waals surface area (Å²) in [5.74, 6) is 3.09. The van der Waals surface area contributed by atoms with Crippen LogP contribution in [0.4, 0.5) is 5.69 Å². The van der Waals surface area contributed by atoms with Crippen LogP contribution >= 0.6 is 35.6 Å². The number of halogens is 2. The summed E-state index contributed by atoms with van der Waals surface area (Å²) in [5, 5.41) is 16.6. The minimum Gasteiger partial charge on any atom is -0.369 e. The van der Waals surface area contributed by atoms with Gasteiger partial charge in [-0.3, -0.25) is 4.99 Å². The van der Waals surface area contributed by atoms with Crippen LogP contribution in [0.25, 0.3) is 0 Å². The molecule has 2 aromatic rings. The van der Waals surface area contributed by atoms with E-state index in [0.29, 0.717) is 12.6 Å².